The number of benzene rings is 1. The zero-order valence-corrected chi connectivity index (χ0v) is 18.5. The minimum atomic E-state index is 0.740. The van der Waals surface area contributed by atoms with Crippen LogP contribution in [0.1, 0.15) is 12.1 Å². The van der Waals surface area contributed by atoms with Gasteiger partial charge in [-0.1, -0.05) is 23.7 Å². The molecule has 1 fully saturated rings. The average molecular weight is 432 g/mol. The first-order valence-electron chi connectivity index (χ1n) is 10.8. The van der Waals surface area contributed by atoms with E-state index >= 15 is 0 Å². The fourth-order valence-corrected chi connectivity index (χ4v) is 4.39. The van der Waals surface area contributed by atoms with Crippen molar-refractivity contribution in [2.45, 2.75) is 13.0 Å². The molecule has 0 amide bonds. The van der Waals surface area contributed by atoms with Crippen molar-refractivity contribution in [1.82, 2.24) is 24.2 Å². The predicted molar refractivity (Wildman–Crippen MR) is 126 cm³/mol. The van der Waals surface area contributed by atoms with Crippen LogP contribution >= 0.6 is 11.6 Å². The molecule has 6 heteroatoms. The van der Waals surface area contributed by atoms with Gasteiger partial charge in [-0.3, -0.25) is 9.88 Å². The molecule has 1 aliphatic heterocycles. The van der Waals surface area contributed by atoms with Gasteiger partial charge in [-0.05, 0) is 74.1 Å². The minimum absolute atomic E-state index is 0.740. The largest absolute Gasteiger partial charge is 0.305 e. The highest BCUT2D eigenvalue weighted by Crippen LogP contribution is 2.29. The van der Waals surface area contributed by atoms with E-state index in [9.17, 15) is 0 Å². The fourth-order valence-electron chi connectivity index (χ4n) is 4.27. The molecule has 0 atom stereocenters. The Morgan fingerprint density at radius 2 is 1.61 bits per heavy atom. The van der Waals surface area contributed by atoms with E-state index in [-0.39, 0.29) is 0 Å². The van der Waals surface area contributed by atoms with E-state index < -0.39 is 0 Å². The van der Waals surface area contributed by atoms with Crippen LogP contribution in [0.5, 0.6) is 0 Å². The molecule has 0 saturated carbocycles. The summed E-state index contributed by atoms with van der Waals surface area (Å²) < 4.78 is 2.26. The van der Waals surface area contributed by atoms with E-state index in [4.69, 9.17) is 16.6 Å². The van der Waals surface area contributed by atoms with Gasteiger partial charge >= 0.3 is 0 Å². The van der Waals surface area contributed by atoms with Crippen LogP contribution < -0.4 is 0 Å². The van der Waals surface area contributed by atoms with Gasteiger partial charge in [0, 0.05) is 48.8 Å². The van der Waals surface area contributed by atoms with Crippen LogP contribution in [0.2, 0.25) is 5.02 Å². The number of likely N-dealkylation sites (N-methyl/N-ethyl adjacent to an activating group) is 1. The van der Waals surface area contributed by atoms with Gasteiger partial charge in [-0.2, -0.15) is 0 Å². The highest BCUT2D eigenvalue weighted by molar-refractivity contribution is 6.30. The predicted octanol–water partition coefficient (Wildman–Crippen LogP) is 4.85. The maximum atomic E-state index is 6.15. The maximum absolute atomic E-state index is 6.15. The van der Waals surface area contributed by atoms with Crippen molar-refractivity contribution in [2.24, 2.45) is 0 Å². The van der Waals surface area contributed by atoms with Gasteiger partial charge in [0.1, 0.15) is 5.65 Å². The first-order valence-corrected chi connectivity index (χ1v) is 11.1. The molecule has 0 unspecified atom stereocenters. The zero-order valence-electron chi connectivity index (χ0n) is 17.7. The summed E-state index contributed by atoms with van der Waals surface area (Å²) in [6.45, 7) is 5.28. The van der Waals surface area contributed by atoms with Crippen molar-refractivity contribution in [2.75, 3.05) is 33.2 Å². The standard InChI is InChI=1S/C25H26ClN5/c1-29-13-2-14-30(16-15-29)18-23-25(20-3-6-22(26)7-4-20)28-24-8-5-21(17-31(23)24)19-9-11-27-12-10-19/h3-12,17H,2,13-16,18H2,1H3. The second-order valence-corrected chi connectivity index (χ2v) is 8.67. The number of hydrogen-bond acceptors (Lipinski definition) is 4. The lowest BCUT2D eigenvalue weighted by Crippen LogP contribution is -2.29. The summed E-state index contributed by atoms with van der Waals surface area (Å²) in [6.07, 6.45) is 7.06. The fraction of sp³-hybridized carbons (Fsp3) is 0.280. The minimum Gasteiger partial charge on any atom is -0.305 e. The Hall–Kier alpha value is -2.73. The summed E-state index contributed by atoms with van der Waals surface area (Å²) in [7, 11) is 2.21. The number of rotatable bonds is 4. The Kier molecular flexibility index (Phi) is 5.72. The molecule has 4 heterocycles. The molecule has 5 nitrogen and oxygen atoms in total. The van der Waals surface area contributed by atoms with E-state index in [2.05, 4.69) is 56.7 Å². The third kappa shape index (κ3) is 4.35. The van der Waals surface area contributed by atoms with Gasteiger partial charge in [0.2, 0.25) is 0 Å². The molecule has 0 spiro atoms. The summed E-state index contributed by atoms with van der Waals surface area (Å²) in [6, 6.07) is 16.3. The number of pyridine rings is 2. The van der Waals surface area contributed by atoms with Crippen molar-refractivity contribution in [3.63, 3.8) is 0 Å². The van der Waals surface area contributed by atoms with Crippen molar-refractivity contribution < 1.29 is 0 Å². The molecule has 158 valence electrons. The molecule has 4 aromatic rings. The third-order valence-electron chi connectivity index (χ3n) is 6.03. The van der Waals surface area contributed by atoms with E-state index in [0.29, 0.717) is 0 Å². The first kappa shape index (κ1) is 20.2. The Labute approximate surface area is 187 Å². The number of fused-ring (bicyclic) bond motifs is 1. The molecule has 0 N–H and O–H groups in total. The Morgan fingerprint density at radius 3 is 2.42 bits per heavy atom. The Bertz CT molecular complexity index is 1170. The lowest BCUT2D eigenvalue weighted by atomic mass is 10.1. The Morgan fingerprint density at radius 1 is 0.839 bits per heavy atom. The topological polar surface area (TPSA) is 36.7 Å². The number of hydrogen-bond donors (Lipinski definition) is 0. The van der Waals surface area contributed by atoms with Crippen molar-refractivity contribution >= 4 is 17.2 Å². The lowest BCUT2D eigenvalue weighted by Gasteiger charge is -2.20. The summed E-state index contributed by atoms with van der Waals surface area (Å²) >= 11 is 6.15. The molecule has 5 rings (SSSR count). The van der Waals surface area contributed by atoms with Crippen LogP contribution in [0.3, 0.4) is 0 Å². The van der Waals surface area contributed by atoms with Gasteiger partial charge in [0.25, 0.3) is 0 Å². The van der Waals surface area contributed by atoms with E-state index in [1.807, 2.05) is 36.7 Å². The molecule has 0 radical (unpaired) electrons. The molecule has 0 bridgehead atoms. The van der Waals surface area contributed by atoms with Gasteiger partial charge in [-0.15, -0.1) is 0 Å². The van der Waals surface area contributed by atoms with Crippen molar-refractivity contribution in [1.29, 1.82) is 0 Å². The number of aromatic nitrogens is 3. The SMILES string of the molecule is CN1CCCN(Cc2c(-c3ccc(Cl)cc3)nc3ccc(-c4ccncc4)cn23)CC1. The second kappa shape index (κ2) is 8.79. The van der Waals surface area contributed by atoms with Gasteiger partial charge < -0.3 is 9.30 Å². The number of halogens is 1. The van der Waals surface area contributed by atoms with Crippen LogP contribution in [0.15, 0.2) is 67.1 Å². The average Bonchev–Trinajstić information content (AvgIpc) is 3.02. The maximum Gasteiger partial charge on any atom is 0.137 e. The van der Waals surface area contributed by atoms with Crippen LogP contribution in [0.25, 0.3) is 28.0 Å². The second-order valence-electron chi connectivity index (χ2n) is 8.23. The van der Waals surface area contributed by atoms with Crippen molar-refractivity contribution in [3.8, 4) is 22.4 Å². The summed E-state index contributed by atoms with van der Waals surface area (Å²) in [5.74, 6) is 0. The first-order chi connectivity index (χ1) is 15.2. The molecule has 1 aromatic carbocycles. The molecule has 1 saturated heterocycles. The lowest BCUT2D eigenvalue weighted by molar-refractivity contribution is 0.266. The smallest absolute Gasteiger partial charge is 0.137 e. The molecule has 3 aromatic heterocycles. The highest BCUT2D eigenvalue weighted by Gasteiger charge is 2.19. The molecular formula is C25H26ClN5. The number of nitrogens with zero attached hydrogens (tertiary/aromatic N) is 5. The highest BCUT2D eigenvalue weighted by atomic mass is 35.5. The van der Waals surface area contributed by atoms with Crippen molar-refractivity contribution in [3.05, 3.63) is 77.8 Å². The molecular weight excluding hydrogens is 406 g/mol. The zero-order chi connectivity index (χ0) is 21.2. The normalized spacial score (nSPS) is 15.9. The van der Waals surface area contributed by atoms with E-state index in [1.54, 1.807) is 0 Å². The van der Waals surface area contributed by atoms with E-state index in [1.165, 1.54) is 12.1 Å². The van der Waals surface area contributed by atoms with Gasteiger partial charge in [-0.25, -0.2) is 4.98 Å². The quantitative estimate of drug-likeness (QED) is 0.462. The van der Waals surface area contributed by atoms with Crippen LogP contribution in [0.4, 0.5) is 0 Å². The third-order valence-corrected chi connectivity index (χ3v) is 6.29. The van der Waals surface area contributed by atoms with Gasteiger partial charge in [0.05, 0.1) is 11.4 Å². The summed E-state index contributed by atoms with van der Waals surface area (Å²) in [5, 5.41) is 0.740. The monoisotopic (exact) mass is 431 g/mol. The molecule has 1 aliphatic rings. The summed E-state index contributed by atoms with van der Waals surface area (Å²) in [5.41, 5.74) is 6.62. The summed E-state index contributed by atoms with van der Waals surface area (Å²) in [4.78, 5) is 14.1. The van der Waals surface area contributed by atoms with Crippen LogP contribution in [0, 0.1) is 0 Å². The number of imidazole rings is 1. The van der Waals surface area contributed by atoms with E-state index in [0.717, 1.165) is 65.8 Å². The molecule has 31 heavy (non-hydrogen) atoms. The van der Waals surface area contributed by atoms with Crippen LogP contribution in [-0.2, 0) is 6.54 Å². The van der Waals surface area contributed by atoms with Crippen LogP contribution in [-0.4, -0.2) is 57.4 Å². The van der Waals surface area contributed by atoms with Gasteiger partial charge in [0.15, 0.2) is 0 Å². The Balaban J connectivity index is 1.60. The molecule has 0 aliphatic carbocycles.